The molecule has 0 amide bonds. The summed E-state index contributed by atoms with van der Waals surface area (Å²) in [5.41, 5.74) is 0. The molecule has 0 spiro atoms. The minimum Gasteiger partial charge on any atom is -0.299 e. The van der Waals surface area contributed by atoms with Crippen molar-refractivity contribution in [1.82, 2.24) is 0 Å². The average molecular weight is 208 g/mol. The first-order valence-corrected chi connectivity index (χ1v) is 6.82. The molecule has 0 N–H and O–H groups in total. The summed E-state index contributed by atoms with van der Waals surface area (Å²) in [5, 5.41) is 0. The van der Waals surface area contributed by atoms with Crippen molar-refractivity contribution >= 4 is 5.78 Å². The van der Waals surface area contributed by atoms with Crippen molar-refractivity contribution in [2.24, 2.45) is 17.8 Å². The molecular formula is C14H24O. The van der Waals surface area contributed by atoms with Gasteiger partial charge in [0.25, 0.3) is 0 Å². The maximum atomic E-state index is 11.6. The Morgan fingerprint density at radius 1 is 1.13 bits per heavy atom. The van der Waals surface area contributed by atoms with Crippen LogP contribution in [0.25, 0.3) is 0 Å². The van der Waals surface area contributed by atoms with Crippen molar-refractivity contribution in [3.8, 4) is 0 Å². The van der Waals surface area contributed by atoms with Gasteiger partial charge in [-0.1, -0.05) is 32.6 Å². The van der Waals surface area contributed by atoms with E-state index < -0.39 is 0 Å². The van der Waals surface area contributed by atoms with Gasteiger partial charge in [0.15, 0.2) is 0 Å². The fraction of sp³-hybridized carbons (Fsp3) is 0.929. The van der Waals surface area contributed by atoms with Crippen LogP contribution in [0, 0.1) is 17.8 Å². The third-order valence-electron chi connectivity index (χ3n) is 4.30. The molecule has 2 saturated carbocycles. The van der Waals surface area contributed by atoms with Crippen LogP contribution >= 0.6 is 0 Å². The summed E-state index contributed by atoms with van der Waals surface area (Å²) < 4.78 is 0. The summed E-state index contributed by atoms with van der Waals surface area (Å²) in [4.78, 5) is 11.6. The highest BCUT2D eigenvalue weighted by molar-refractivity contribution is 5.83. The lowest BCUT2D eigenvalue weighted by Crippen LogP contribution is -2.16. The SMILES string of the molecule is CCC1CCCC(CCC(=O)C2CC2)C1. The predicted octanol–water partition coefficient (Wildman–Crippen LogP) is 3.96. The monoisotopic (exact) mass is 208 g/mol. The van der Waals surface area contributed by atoms with Crippen LogP contribution in [0.15, 0.2) is 0 Å². The number of hydrogen-bond donors (Lipinski definition) is 0. The van der Waals surface area contributed by atoms with Gasteiger partial charge < -0.3 is 0 Å². The number of hydrogen-bond acceptors (Lipinski definition) is 1. The second-order valence-corrected chi connectivity index (χ2v) is 5.59. The molecule has 2 fully saturated rings. The smallest absolute Gasteiger partial charge is 0.135 e. The molecule has 0 bridgehead atoms. The number of carbonyl (C=O) groups excluding carboxylic acids is 1. The molecule has 15 heavy (non-hydrogen) atoms. The normalized spacial score (nSPS) is 31.5. The first kappa shape index (κ1) is 11.2. The number of carbonyl (C=O) groups is 1. The molecule has 86 valence electrons. The second-order valence-electron chi connectivity index (χ2n) is 5.59. The lowest BCUT2D eigenvalue weighted by atomic mass is 9.78. The zero-order valence-corrected chi connectivity index (χ0v) is 10.0. The third-order valence-corrected chi connectivity index (χ3v) is 4.30. The Bertz CT molecular complexity index is 217. The second kappa shape index (κ2) is 5.14. The Morgan fingerprint density at radius 2 is 1.87 bits per heavy atom. The summed E-state index contributed by atoms with van der Waals surface area (Å²) in [6.07, 6.45) is 11.4. The van der Waals surface area contributed by atoms with Gasteiger partial charge in [-0.2, -0.15) is 0 Å². The molecule has 1 nitrogen and oxygen atoms in total. The Balaban J connectivity index is 1.67. The van der Waals surface area contributed by atoms with Crippen molar-refractivity contribution in [2.75, 3.05) is 0 Å². The number of rotatable bonds is 5. The van der Waals surface area contributed by atoms with Crippen molar-refractivity contribution < 1.29 is 4.79 Å². The summed E-state index contributed by atoms with van der Waals surface area (Å²) in [5.74, 6) is 2.87. The number of Topliss-reactive ketones (excluding diaryl/α,β-unsaturated/α-hetero) is 1. The predicted molar refractivity (Wildman–Crippen MR) is 62.7 cm³/mol. The fourth-order valence-electron chi connectivity index (χ4n) is 2.99. The molecule has 2 rings (SSSR count). The standard InChI is InChI=1S/C14H24O/c1-2-11-4-3-5-12(10-11)6-9-14(15)13-7-8-13/h11-13H,2-10H2,1H3. The first-order chi connectivity index (χ1) is 7.29. The molecule has 0 radical (unpaired) electrons. The van der Waals surface area contributed by atoms with Crippen molar-refractivity contribution in [2.45, 2.75) is 64.7 Å². The third kappa shape index (κ3) is 3.32. The van der Waals surface area contributed by atoms with Gasteiger partial charge in [-0.05, 0) is 37.5 Å². The van der Waals surface area contributed by atoms with Crippen LogP contribution in [0.1, 0.15) is 64.7 Å². The molecule has 0 saturated heterocycles. The average Bonchev–Trinajstić information content (AvgIpc) is 3.10. The van der Waals surface area contributed by atoms with E-state index in [1.54, 1.807) is 0 Å². The van der Waals surface area contributed by atoms with Crippen LogP contribution in [0.2, 0.25) is 0 Å². The minimum atomic E-state index is 0.482. The van der Waals surface area contributed by atoms with Crippen LogP contribution < -0.4 is 0 Å². The van der Waals surface area contributed by atoms with E-state index in [2.05, 4.69) is 6.92 Å². The molecule has 0 aliphatic heterocycles. The molecule has 2 atom stereocenters. The lowest BCUT2D eigenvalue weighted by molar-refractivity contribution is -0.120. The van der Waals surface area contributed by atoms with Crippen LogP contribution in [-0.2, 0) is 4.79 Å². The molecule has 2 unspecified atom stereocenters. The molecule has 2 aliphatic rings. The Kier molecular flexibility index (Phi) is 3.82. The Morgan fingerprint density at radius 3 is 2.53 bits per heavy atom. The molecule has 0 heterocycles. The lowest BCUT2D eigenvalue weighted by Gasteiger charge is -2.28. The summed E-state index contributed by atoms with van der Waals surface area (Å²) >= 11 is 0. The molecule has 0 aromatic carbocycles. The molecule has 0 aromatic rings. The van der Waals surface area contributed by atoms with E-state index in [1.807, 2.05) is 0 Å². The van der Waals surface area contributed by atoms with E-state index in [1.165, 1.54) is 51.4 Å². The topological polar surface area (TPSA) is 17.1 Å². The van der Waals surface area contributed by atoms with E-state index in [0.717, 1.165) is 18.3 Å². The fourth-order valence-corrected chi connectivity index (χ4v) is 2.99. The highest BCUT2D eigenvalue weighted by Crippen LogP contribution is 2.36. The summed E-state index contributed by atoms with van der Waals surface area (Å²) in [6, 6.07) is 0. The van der Waals surface area contributed by atoms with Crippen molar-refractivity contribution in [1.29, 1.82) is 0 Å². The van der Waals surface area contributed by atoms with Crippen LogP contribution in [0.3, 0.4) is 0 Å². The van der Waals surface area contributed by atoms with E-state index in [-0.39, 0.29) is 0 Å². The van der Waals surface area contributed by atoms with Gasteiger partial charge >= 0.3 is 0 Å². The quantitative estimate of drug-likeness (QED) is 0.668. The highest BCUT2D eigenvalue weighted by Gasteiger charge is 2.30. The van der Waals surface area contributed by atoms with E-state index in [4.69, 9.17) is 0 Å². The van der Waals surface area contributed by atoms with Gasteiger partial charge in [-0.15, -0.1) is 0 Å². The zero-order chi connectivity index (χ0) is 10.7. The van der Waals surface area contributed by atoms with Gasteiger partial charge in [0.2, 0.25) is 0 Å². The molecule has 2 aliphatic carbocycles. The minimum absolute atomic E-state index is 0.482. The molecule has 1 heteroatoms. The van der Waals surface area contributed by atoms with Crippen molar-refractivity contribution in [3.05, 3.63) is 0 Å². The van der Waals surface area contributed by atoms with Crippen LogP contribution in [0.5, 0.6) is 0 Å². The molecule has 0 aromatic heterocycles. The van der Waals surface area contributed by atoms with E-state index in [9.17, 15) is 4.79 Å². The summed E-state index contributed by atoms with van der Waals surface area (Å²) in [6.45, 7) is 2.31. The van der Waals surface area contributed by atoms with Gasteiger partial charge in [0.1, 0.15) is 5.78 Å². The van der Waals surface area contributed by atoms with Gasteiger partial charge in [-0.25, -0.2) is 0 Å². The highest BCUT2D eigenvalue weighted by atomic mass is 16.1. The zero-order valence-electron chi connectivity index (χ0n) is 10.0. The first-order valence-electron chi connectivity index (χ1n) is 6.82. The maximum Gasteiger partial charge on any atom is 0.135 e. The van der Waals surface area contributed by atoms with Crippen LogP contribution in [0.4, 0.5) is 0 Å². The Hall–Kier alpha value is -0.330. The molecular weight excluding hydrogens is 184 g/mol. The van der Waals surface area contributed by atoms with E-state index in [0.29, 0.717) is 11.7 Å². The van der Waals surface area contributed by atoms with E-state index >= 15 is 0 Å². The number of ketones is 1. The van der Waals surface area contributed by atoms with Gasteiger partial charge in [-0.3, -0.25) is 4.79 Å². The Labute approximate surface area is 93.6 Å². The van der Waals surface area contributed by atoms with Gasteiger partial charge in [0.05, 0.1) is 0 Å². The van der Waals surface area contributed by atoms with Crippen LogP contribution in [-0.4, -0.2) is 5.78 Å². The largest absolute Gasteiger partial charge is 0.299 e. The van der Waals surface area contributed by atoms with Crippen molar-refractivity contribution in [3.63, 3.8) is 0 Å². The summed E-state index contributed by atoms with van der Waals surface area (Å²) in [7, 11) is 0. The maximum absolute atomic E-state index is 11.6. The van der Waals surface area contributed by atoms with Gasteiger partial charge in [0, 0.05) is 12.3 Å².